The highest BCUT2D eigenvalue weighted by atomic mass is 19.1. The van der Waals surface area contributed by atoms with Crippen LogP contribution in [0.5, 0.6) is 5.75 Å². The third-order valence-corrected chi connectivity index (χ3v) is 5.32. The Morgan fingerprint density at radius 1 is 1.30 bits per heavy atom. The molecular weight excluding hydrogens is 395 g/mol. The van der Waals surface area contributed by atoms with E-state index in [1.807, 2.05) is 0 Å². The van der Waals surface area contributed by atoms with Crippen molar-refractivity contribution in [1.29, 1.82) is 0 Å². The normalized spacial score (nSPS) is 24.2. The van der Waals surface area contributed by atoms with Gasteiger partial charge in [0.15, 0.2) is 6.61 Å². The Kier molecular flexibility index (Phi) is 6.86. The van der Waals surface area contributed by atoms with Gasteiger partial charge in [0.05, 0.1) is 6.54 Å². The second-order valence-corrected chi connectivity index (χ2v) is 7.47. The number of likely N-dealkylation sites (tertiary alicyclic amines) is 1. The number of para-hydroxylation sites is 1. The summed E-state index contributed by atoms with van der Waals surface area (Å²) in [5, 5.41) is 5.15. The molecule has 0 unspecified atom stereocenters. The van der Waals surface area contributed by atoms with E-state index in [0.29, 0.717) is 18.7 Å². The average Bonchev–Trinajstić information content (AvgIpc) is 3.31. The third kappa shape index (κ3) is 5.25. The molecule has 1 aromatic rings. The first-order valence-electron chi connectivity index (χ1n) is 9.84. The van der Waals surface area contributed by atoms with Crippen LogP contribution in [0.1, 0.15) is 19.3 Å². The van der Waals surface area contributed by atoms with Crippen molar-refractivity contribution in [2.45, 2.75) is 37.5 Å². The van der Waals surface area contributed by atoms with Crippen molar-refractivity contribution in [3.63, 3.8) is 0 Å². The van der Waals surface area contributed by atoms with E-state index in [1.54, 1.807) is 30.3 Å². The number of nitrogens with zero attached hydrogens (tertiary/aromatic N) is 1. The number of amides is 4. The Morgan fingerprint density at radius 3 is 2.67 bits per heavy atom. The standard InChI is InChI=1S/C20H25FN4O5/c21-13-9-16(25(10-13)17(26)11-30-14-4-2-1-3-5-14)20(29)24-15(18(22)27)8-12-6-7-23-19(12)28/h1-5,12-13,15-16H,6-11H2,(H2,22,27)(H,23,28)(H,24,29)/t12-,13-,15-,16-/m0/s1. The van der Waals surface area contributed by atoms with E-state index >= 15 is 0 Å². The lowest BCUT2D eigenvalue weighted by Crippen LogP contribution is -2.53. The SMILES string of the molecule is NC(=O)[C@H](C[C@@H]1CCNC1=O)NC(=O)[C@@H]1C[C@H](F)CN1C(=O)COc1ccccc1. The van der Waals surface area contributed by atoms with Crippen LogP contribution >= 0.6 is 0 Å². The van der Waals surface area contributed by atoms with Gasteiger partial charge in [-0.3, -0.25) is 19.2 Å². The van der Waals surface area contributed by atoms with Gasteiger partial charge >= 0.3 is 0 Å². The zero-order valence-corrected chi connectivity index (χ0v) is 16.4. The fourth-order valence-corrected chi connectivity index (χ4v) is 3.72. The van der Waals surface area contributed by atoms with E-state index in [2.05, 4.69) is 10.6 Å². The molecule has 2 saturated heterocycles. The summed E-state index contributed by atoms with van der Waals surface area (Å²) in [5.74, 6) is -2.16. The number of alkyl halides is 1. The van der Waals surface area contributed by atoms with Gasteiger partial charge in [0.1, 0.15) is 24.0 Å². The zero-order chi connectivity index (χ0) is 21.7. The zero-order valence-electron chi connectivity index (χ0n) is 16.4. The molecule has 2 fully saturated rings. The number of rotatable bonds is 8. The second-order valence-electron chi connectivity index (χ2n) is 7.47. The molecule has 9 nitrogen and oxygen atoms in total. The van der Waals surface area contributed by atoms with Crippen LogP contribution in [0.15, 0.2) is 30.3 Å². The highest BCUT2D eigenvalue weighted by Gasteiger charge is 2.41. The number of primary amides is 1. The molecule has 4 atom stereocenters. The van der Waals surface area contributed by atoms with Gasteiger partial charge in [0.2, 0.25) is 17.7 Å². The maximum Gasteiger partial charge on any atom is 0.261 e. The minimum Gasteiger partial charge on any atom is -0.484 e. The van der Waals surface area contributed by atoms with E-state index in [4.69, 9.17) is 10.5 Å². The number of ether oxygens (including phenoxy) is 1. The van der Waals surface area contributed by atoms with Gasteiger partial charge in [-0.15, -0.1) is 0 Å². The molecular formula is C20H25FN4O5. The fraction of sp³-hybridized carbons (Fsp3) is 0.500. The molecule has 0 bridgehead atoms. The molecule has 162 valence electrons. The molecule has 2 aliphatic rings. The van der Waals surface area contributed by atoms with E-state index < -0.39 is 41.9 Å². The molecule has 10 heteroatoms. The highest BCUT2D eigenvalue weighted by molar-refractivity contribution is 5.93. The van der Waals surface area contributed by atoms with E-state index in [9.17, 15) is 23.6 Å². The monoisotopic (exact) mass is 420 g/mol. The Morgan fingerprint density at radius 2 is 2.03 bits per heavy atom. The van der Waals surface area contributed by atoms with Crippen molar-refractivity contribution in [1.82, 2.24) is 15.5 Å². The molecule has 0 saturated carbocycles. The molecule has 0 aliphatic carbocycles. The van der Waals surface area contributed by atoms with Crippen LogP contribution < -0.4 is 21.1 Å². The molecule has 2 heterocycles. The van der Waals surface area contributed by atoms with Gasteiger partial charge < -0.3 is 26.0 Å². The van der Waals surface area contributed by atoms with Crippen molar-refractivity contribution in [3.8, 4) is 5.75 Å². The summed E-state index contributed by atoms with van der Waals surface area (Å²) in [6.45, 7) is -0.0812. The number of nitrogens with one attached hydrogen (secondary N) is 2. The summed E-state index contributed by atoms with van der Waals surface area (Å²) in [4.78, 5) is 49.9. The average molecular weight is 420 g/mol. The quantitative estimate of drug-likeness (QED) is 0.522. The summed E-state index contributed by atoms with van der Waals surface area (Å²) in [5.41, 5.74) is 5.38. The lowest BCUT2D eigenvalue weighted by atomic mass is 9.97. The maximum absolute atomic E-state index is 14.0. The Balaban J connectivity index is 1.61. The summed E-state index contributed by atoms with van der Waals surface area (Å²) >= 11 is 0. The summed E-state index contributed by atoms with van der Waals surface area (Å²) in [6, 6.07) is 6.49. The van der Waals surface area contributed by atoms with Crippen LogP contribution in [0.25, 0.3) is 0 Å². The molecule has 0 spiro atoms. The Bertz CT molecular complexity index is 806. The van der Waals surface area contributed by atoms with Gasteiger partial charge in [0, 0.05) is 18.9 Å². The number of hydrogen-bond acceptors (Lipinski definition) is 5. The van der Waals surface area contributed by atoms with Crippen LogP contribution in [-0.2, 0) is 19.2 Å². The predicted octanol–water partition coefficient (Wildman–Crippen LogP) is -0.499. The first-order chi connectivity index (χ1) is 14.3. The number of halogens is 1. The Labute approximate surface area is 173 Å². The van der Waals surface area contributed by atoms with Crippen LogP contribution in [0.2, 0.25) is 0 Å². The fourth-order valence-electron chi connectivity index (χ4n) is 3.72. The smallest absolute Gasteiger partial charge is 0.261 e. The van der Waals surface area contributed by atoms with Crippen molar-refractivity contribution in [2.75, 3.05) is 19.7 Å². The van der Waals surface area contributed by atoms with Crippen LogP contribution in [0, 0.1) is 5.92 Å². The lowest BCUT2D eigenvalue weighted by Gasteiger charge is -2.26. The minimum atomic E-state index is -1.37. The van der Waals surface area contributed by atoms with Crippen molar-refractivity contribution < 1.29 is 28.3 Å². The lowest BCUT2D eigenvalue weighted by molar-refractivity contribution is -0.140. The molecule has 4 N–H and O–H groups in total. The number of carbonyl (C=O) groups is 4. The van der Waals surface area contributed by atoms with Crippen LogP contribution in [0.4, 0.5) is 4.39 Å². The van der Waals surface area contributed by atoms with Gasteiger partial charge in [-0.1, -0.05) is 18.2 Å². The van der Waals surface area contributed by atoms with Gasteiger partial charge in [-0.2, -0.15) is 0 Å². The topological polar surface area (TPSA) is 131 Å². The molecule has 3 rings (SSSR count). The first-order valence-corrected chi connectivity index (χ1v) is 9.84. The largest absolute Gasteiger partial charge is 0.484 e. The number of nitrogens with two attached hydrogens (primary N) is 1. The molecule has 4 amide bonds. The van der Waals surface area contributed by atoms with E-state index in [0.717, 1.165) is 4.90 Å². The maximum atomic E-state index is 14.0. The predicted molar refractivity (Wildman–Crippen MR) is 104 cm³/mol. The highest BCUT2D eigenvalue weighted by Crippen LogP contribution is 2.22. The van der Waals surface area contributed by atoms with Gasteiger partial charge in [-0.25, -0.2) is 4.39 Å². The minimum absolute atomic E-state index is 0.0593. The number of carbonyl (C=O) groups excluding carboxylic acids is 4. The third-order valence-electron chi connectivity index (χ3n) is 5.32. The molecule has 0 radical (unpaired) electrons. The molecule has 1 aromatic carbocycles. The molecule has 0 aromatic heterocycles. The van der Waals surface area contributed by atoms with Crippen molar-refractivity contribution in [3.05, 3.63) is 30.3 Å². The van der Waals surface area contributed by atoms with E-state index in [-0.39, 0.29) is 31.9 Å². The van der Waals surface area contributed by atoms with Crippen LogP contribution in [0.3, 0.4) is 0 Å². The Hall–Kier alpha value is -3.17. The summed E-state index contributed by atoms with van der Waals surface area (Å²) in [6.07, 6.45) is -0.952. The van der Waals surface area contributed by atoms with Crippen molar-refractivity contribution >= 4 is 23.6 Å². The van der Waals surface area contributed by atoms with E-state index in [1.165, 1.54) is 0 Å². The number of benzene rings is 1. The summed E-state index contributed by atoms with van der Waals surface area (Å²) in [7, 11) is 0. The first kappa shape index (κ1) is 21.5. The molecule has 2 aliphatic heterocycles. The van der Waals surface area contributed by atoms with Gasteiger partial charge in [0.25, 0.3) is 5.91 Å². The summed E-state index contributed by atoms with van der Waals surface area (Å²) < 4.78 is 19.4. The number of hydrogen-bond donors (Lipinski definition) is 3. The van der Waals surface area contributed by atoms with Gasteiger partial charge in [-0.05, 0) is 25.0 Å². The van der Waals surface area contributed by atoms with Crippen molar-refractivity contribution in [2.24, 2.45) is 11.7 Å². The van der Waals surface area contributed by atoms with Crippen LogP contribution in [-0.4, -0.2) is 66.5 Å². The second kappa shape index (κ2) is 9.55. The molecule has 30 heavy (non-hydrogen) atoms.